The third-order valence-corrected chi connectivity index (χ3v) is 2.69. The molecule has 0 saturated heterocycles. The van der Waals surface area contributed by atoms with Gasteiger partial charge in [0.15, 0.2) is 5.89 Å². The van der Waals surface area contributed by atoms with Crippen LogP contribution in [0.3, 0.4) is 0 Å². The smallest absolute Gasteiger partial charge is 0.195 e. The highest BCUT2D eigenvalue weighted by atomic mass is 16.4. The molecule has 0 radical (unpaired) electrons. The number of aryl methyl sites for hydroxylation is 2. The summed E-state index contributed by atoms with van der Waals surface area (Å²) in [6.07, 6.45) is 5.64. The summed E-state index contributed by atoms with van der Waals surface area (Å²) in [5.41, 5.74) is 6.82. The molecule has 90 valence electrons. The first kappa shape index (κ1) is 11.9. The molecule has 1 heterocycles. The van der Waals surface area contributed by atoms with Crippen LogP contribution in [0.5, 0.6) is 0 Å². The zero-order valence-corrected chi connectivity index (χ0v) is 9.93. The van der Waals surface area contributed by atoms with Gasteiger partial charge < -0.3 is 10.2 Å². The first-order valence-corrected chi connectivity index (χ1v) is 6.06. The van der Waals surface area contributed by atoms with Gasteiger partial charge in [-0.25, -0.2) is 4.98 Å². The molecular weight excluding hydrogens is 212 g/mol. The zero-order valence-electron chi connectivity index (χ0n) is 9.93. The summed E-state index contributed by atoms with van der Waals surface area (Å²) in [5.74, 6) is 1.71. The molecule has 0 aliphatic heterocycles. The van der Waals surface area contributed by atoms with Crippen molar-refractivity contribution >= 4 is 0 Å². The maximum absolute atomic E-state index is 5.57. The number of nitrogens with zero attached hydrogens (tertiary/aromatic N) is 1. The van der Waals surface area contributed by atoms with Crippen molar-refractivity contribution < 1.29 is 4.42 Å². The first-order chi connectivity index (χ1) is 8.38. The summed E-state index contributed by atoms with van der Waals surface area (Å²) < 4.78 is 5.57. The lowest BCUT2D eigenvalue weighted by atomic mass is 10.1. The highest BCUT2D eigenvalue weighted by Crippen LogP contribution is 2.09. The van der Waals surface area contributed by atoms with Gasteiger partial charge in [-0.05, 0) is 18.4 Å². The van der Waals surface area contributed by atoms with Crippen LogP contribution in [-0.4, -0.2) is 11.5 Å². The summed E-state index contributed by atoms with van der Waals surface area (Å²) in [4.78, 5) is 4.18. The Labute approximate surface area is 102 Å². The molecule has 3 nitrogen and oxygen atoms in total. The van der Waals surface area contributed by atoms with Gasteiger partial charge in [0.1, 0.15) is 5.76 Å². The molecule has 0 unspecified atom stereocenters. The summed E-state index contributed by atoms with van der Waals surface area (Å²) in [7, 11) is 0. The lowest BCUT2D eigenvalue weighted by molar-refractivity contribution is 0.451. The van der Waals surface area contributed by atoms with Crippen LogP contribution < -0.4 is 5.73 Å². The molecule has 1 aromatic carbocycles. The molecule has 2 rings (SSSR count). The van der Waals surface area contributed by atoms with E-state index in [1.807, 2.05) is 12.3 Å². The van der Waals surface area contributed by atoms with E-state index >= 15 is 0 Å². The minimum absolute atomic E-state index is 0.587. The molecule has 0 amide bonds. The van der Waals surface area contributed by atoms with E-state index < -0.39 is 0 Å². The van der Waals surface area contributed by atoms with Crippen LogP contribution in [0.1, 0.15) is 23.6 Å². The molecule has 17 heavy (non-hydrogen) atoms. The molecule has 2 aromatic rings. The number of rotatable bonds is 6. The number of hydrogen-bond acceptors (Lipinski definition) is 3. The molecular formula is C14H18N2O. The van der Waals surface area contributed by atoms with E-state index in [1.165, 1.54) is 5.56 Å². The maximum atomic E-state index is 5.57. The molecule has 3 heteroatoms. The van der Waals surface area contributed by atoms with Crippen LogP contribution in [0.25, 0.3) is 0 Å². The van der Waals surface area contributed by atoms with Crippen molar-refractivity contribution in [2.45, 2.75) is 25.7 Å². The molecule has 0 spiro atoms. The molecule has 0 saturated carbocycles. The van der Waals surface area contributed by atoms with Crippen LogP contribution in [0.15, 0.2) is 40.9 Å². The van der Waals surface area contributed by atoms with Crippen molar-refractivity contribution in [1.82, 2.24) is 4.98 Å². The van der Waals surface area contributed by atoms with Gasteiger partial charge in [-0.3, -0.25) is 0 Å². The van der Waals surface area contributed by atoms with Crippen LogP contribution in [-0.2, 0) is 19.3 Å². The molecule has 2 N–H and O–H groups in total. The average molecular weight is 230 g/mol. The number of hydrogen-bond donors (Lipinski definition) is 1. The summed E-state index contributed by atoms with van der Waals surface area (Å²) in [5, 5.41) is 0. The SMILES string of the molecule is NCCc1ncc(CCCc2ccccc2)o1. The second-order valence-electron chi connectivity index (χ2n) is 4.10. The minimum Gasteiger partial charge on any atom is -0.446 e. The monoisotopic (exact) mass is 230 g/mol. The summed E-state index contributed by atoms with van der Waals surface area (Å²) in [6, 6.07) is 10.5. The zero-order chi connectivity index (χ0) is 11.9. The van der Waals surface area contributed by atoms with E-state index in [1.54, 1.807) is 0 Å². The van der Waals surface area contributed by atoms with Gasteiger partial charge in [0, 0.05) is 19.4 Å². The first-order valence-electron chi connectivity index (χ1n) is 6.06. The van der Waals surface area contributed by atoms with Gasteiger partial charge in [0.25, 0.3) is 0 Å². The topological polar surface area (TPSA) is 52.0 Å². The number of nitrogens with two attached hydrogens (primary N) is 1. The fraction of sp³-hybridized carbons (Fsp3) is 0.357. The Morgan fingerprint density at radius 3 is 2.65 bits per heavy atom. The predicted octanol–water partition coefficient (Wildman–Crippen LogP) is 2.35. The molecule has 0 aliphatic rings. The van der Waals surface area contributed by atoms with E-state index in [2.05, 4.69) is 29.2 Å². The van der Waals surface area contributed by atoms with Crippen LogP contribution in [0, 0.1) is 0 Å². The Morgan fingerprint density at radius 1 is 1.06 bits per heavy atom. The largest absolute Gasteiger partial charge is 0.446 e. The Balaban J connectivity index is 1.78. The van der Waals surface area contributed by atoms with Crippen molar-refractivity contribution in [3.63, 3.8) is 0 Å². The van der Waals surface area contributed by atoms with Crippen molar-refractivity contribution in [3.05, 3.63) is 53.7 Å². The Bertz CT molecular complexity index is 436. The quantitative estimate of drug-likeness (QED) is 0.828. The van der Waals surface area contributed by atoms with Crippen molar-refractivity contribution in [2.24, 2.45) is 5.73 Å². The lowest BCUT2D eigenvalue weighted by Gasteiger charge is -1.99. The number of aromatic nitrogens is 1. The highest BCUT2D eigenvalue weighted by Gasteiger charge is 2.02. The van der Waals surface area contributed by atoms with Crippen LogP contribution in [0.2, 0.25) is 0 Å². The maximum Gasteiger partial charge on any atom is 0.195 e. The molecule has 0 aliphatic carbocycles. The second-order valence-corrected chi connectivity index (χ2v) is 4.10. The fourth-order valence-electron chi connectivity index (χ4n) is 1.81. The highest BCUT2D eigenvalue weighted by molar-refractivity contribution is 5.14. The lowest BCUT2D eigenvalue weighted by Crippen LogP contribution is -2.02. The Kier molecular flexibility index (Phi) is 4.33. The van der Waals surface area contributed by atoms with Gasteiger partial charge in [-0.2, -0.15) is 0 Å². The summed E-state index contributed by atoms with van der Waals surface area (Å²) in [6.45, 7) is 0.587. The molecule has 0 bridgehead atoms. The van der Waals surface area contributed by atoms with Crippen LogP contribution >= 0.6 is 0 Å². The van der Waals surface area contributed by atoms with Gasteiger partial charge in [-0.15, -0.1) is 0 Å². The standard InChI is InChI=1S/C14H18N2O/c15-10-9-14-16-11-13(17-14)8-4-7-12-5-2-1-3-6-12/h1-3,5-6,11H,4,7-10,15H2. The Hall–Kier alpha value is -1.61. The van der Waals surface area contributed by atoms with E-state index in [9.17, 15) is 0 Å². The number of oxazole rings is 1. The van der Waals surface area contributed by atoms with Crippen LogP contribution in [0.4, 0.5) is 0 Å². The Morgan fingerprint density at radius 2 is 1.88 bits per heavy atom. The predicted molar refractivity (Wildman–Crippen MR) is 67.7 cm³/mol. The van der Waals surface area contributed by atoms with Crippen molar-refractivity contribution in [3.8, 4) is 0 Å². The van der Waals surface area contributed by atoms with E-state index in [4.69, 9.17) is 10.2 Å². The summed E-state index contributed by atoms with van der Waals surface area (Å²) >= 11 is 0. The normalized spacial score (nSPS) is 10.6. The van der Waals surface area contributed by atoms with Gasteiger partial charge in [0.05, 0.1) is 6.20 Å². The third kappa shape index (κ3) is 3.71. The van der Waals surface area contributed by atoms with E-state index in [-0.39, 0.29) is 0 Å². The van der Waals surface area contributed by atoms with Crippen molar-refractivity contribution in [2.75, 3.05) is 6.54 Å². The fourth-order valence-corrected chi connectivity index (χ4v) is 1.81. The molecule has 1 aromatic heterocycles. The van der Waals surface area contributed by atoms with Crippen molar-refractivity contribution in [1.29, 1.82) is 0 Å². The van der Waals surface area contributed by atoms with E-state index in [0.717, 1.165) is 37.3 Å². The third-order valence-electron chi connectivity index (χ3n) is 2.69. The molecule has 0 fully saturated rings. The van der Waals surface area contributed by atoms with Gasteiger partial charge in [0.2, 0.25) is 0 Å². The minimum atomic E-state index is 0.587. The average Bonchev–Trinajstić information content (AvgIpc) is 2.79. The van der Waals surface area contributed by atoms with Gasteiger partial charge in [-0.1, -0.05) is 30.3 Å². The molecule has 0 atom stereocenters. The second kappa shape index (κ2) is 6.21. The van der Waals surface area contributed by atoms with E-state index in [0.29, 0.717) is 6.54 Å². The van der Waals surface area contributed by atoms with Gasteiger partial charge >= 0.3 is 0 Å². The number of benzene rings is 1.